The lowest BCUT2D eigenvalue weighted by molar-refractivity contribution is 0.202. The monoisotopic (exact) mass is 205 g/mol. The lowest BCUT2D eigenvalue weighted by Gasteiger charge is -2.14. The first-order valence-electron chi connectivity index (χ1n) is 5.15. The van der Waals surface area contributed by atoms with Gasteiger partial charge >= 0.3 is 0 Å². The molecular weight excluding hydrogens is 189 g/mol. The maximum atomic E-state index is 13.3. The van der Waals surface area contributed by atoms with E-state index in [0.29, 0.717) is 19.3 Å². The van der Waals surface area contributed by atoms with Crippen LogP contribution < -0.4 is 0 Å². The smallest absolute Gasteiger partial charge is 0.105 e. The van der Waals surface area contributed by atoms with E-state index in [4.69, 9.17) is 5.26 Å². The molecule has 0 aliphatic heterocycles. The molecule has 1 nitrogen and oxygen atoms in total. The third-order valence-electron chi connectivity index (χ3n) is 2.38. The molecule has 0 aromatic heterocycles. The lowest BCUT2D eigenvalue weighted by atomic mass is 9.96. The zero-order valence-electron chi connectivity index (χ0n) is 9.26. The van der Waals surface area contributed by atoms with Crippen molar-refractivity contribution in [2.45, 2.75) is 38.8 Å². The highest BCUT2D eigenvalue weighted by Gasteiger charge is 2.15. The average Bonchev–Trinajstić information content (AvgIpc) is 2.16. The maximum Gasteiger partial charge on any atom is 0.105 e. The Kier molecular flexibility index (Phi) is 3.85. The molecule has 1 aromatic carbocycles. The van der Waals surface area contributed by atoms with Crippen LogP contribution in [0.25, 0.3) is 0 Å². The number of aryl methyl sites for hydroxylation is 1. The molecule has 15 heavy (non-hydrogen) atoms. The summed E-state index contributed by atoms with van der Waals surface area (Å²) in [5.41, 5.74) is 0.966. The molecule has 0 atom stereocenters. The Morgan fingerprint density at radius 2 is 1.87 bits per heavy atom. The minimum absolute atomic E-state index is 0.406. The third-order valence-corrected chi connectivity index (χ3v) is 2.38. The first-order valence-corrected chi connectivity index (χ1v) is 5.15. The number of benzene rings is 1. The standard InChI is InChI=1S/C13H16FN/c1-13(2,14)9-7-11-5-3-4-6-12(11)8-10-15/h3-6H,7-9H2,1-2H3. The largest absolute Gasteiger partial charge is 0.244 e. The van der Waals surface area contributed by atoms with Crippen LogP contribution in [0.15, 0.2) is 24.3 Å². The molecule has 0 bridgehead atoms. The van der Waals surface area contributed by atoms with Gasteiger partial charge in [-0.3, -0.25) is 0 Å². The van der Waals surface area contributed by atoms with Crippen LogP contribution in [0.2, 0.25) is 0 Å². The first-order chi connectivity index (χ1) is 7.03. The molecule has 0 fully saturated rings. The summed E-state index contributed by atoms with van der Waals surface area (Å²) < 4.78 is 13.3. The van der Waals surface area contributed by atoms with Crippen LogP contribution in [0.1, 0.15) is 31.4 Å². The Hall–Kier alpha value is -1.36. The number of hydrogen-bond acceptors (Lipinski definition) is 1. The van der Waals surface area contributed by atoms with E-state index < -0.39 is 5.67 Å². The molecule has 2 heteroatoms. The highest BCUT2D eigenvalue weighted by atomic mass is 19.1. The molecule has 0 amide bonds. The van der Waals surface area contributed by atoms with Gasteiger partial charge in [0.1, 0.15) is 5.67 Å². The van der Waals surface area contributed by atoms with E-state index in [1.807, 2.05) is 24.3 Å². The summed E-state index contributed by atoms with van der Waals surface area (Å²) in [6, 6.07) is 9.88. The van der Waals surface area contributed by atoms with Gasteiger partial charge in [-0.2, -0.15) is 5.26 Å². The van der Waals surface area contributed by atoms with Crippen LogP contribution in [0, 0.1) is 11.3 Å². The maximum absolute atomic E-state index is 13.3. The van der Waals surface area contributed by atoms with Gasteiger partial charge in [0.15, 0.2) is 0 Å². The summed E-state index contributed by atoms with van der Waals surface area (Å²) in [7, 11) is 0. The summed E-state index contributed by atoms with van der Waals surface area (Å²) >= 11 is 0. The molecule has 1 rings (SSSR count). The molecule has 0 N–H and O–H groups in total. The van der Waals surface area contributed by atoms with Crippen LogP contribution in [-0.4, -0.2) is 5.67 Å². The van der Waals surface area contributed by atoms with Crippen molar-refractivity contribution in [1.29, 1.82) is 5.26 Å². The van der Waals surface area contributed by atoms with Crippen LogP contribution in [0.5, 0.6) is 0 Å². The molecule has 0 saturated carbocycles. The second-order valence-corrected chi connectivity index (χ2v) is 4.32. The number of nitriles is 1. The van der Waals surface area contributed by atoms with Crippen molar-refractivity contribution in [3.63, 3.8) is 0 Å². The normalized spacial score (nSPS) is 11.1. The molecule has 80 valence electrons. The van der Waals surface area contributed by atoms with Gasteiger partial charge in [-0.1, -0.05) is 24.3 Å². The van der Waals surface area contributed by atoms with Gasteiger partial charge in [0.25, 0.3) is 0 Å². The minimum atomic E-state index is -1.14. The van der Waals surface area contributed by atoms with Crippen LogP contribution in [0.4, 0.5) is 4.39 Å². The number of halogens is 1. The Labute approximate surface area is 90.5 Å². The van der Waals surface area contributed by atoms with Crippen molar-refractivity contribution in [3.8, 4) is 6.07 Å². The van der Waals surface area contributed by atoms with E-state index in [2.05, 4.69) is 6.07 Å². The van der Waals surface area contributed by atoms with Crippen molar-refractivity contribution < 1.29 is 4.39 Å². The molecule has 0 aliphatic carbocycles. The number of rotatable bonds is 4. The van der Waals surface area contributed by atoms with E-state index in [0.717, 1.165) is 11.1 Å². The predicted molar refractivity (Wildman–Crippen MR) is 59.3 cm³/mol. The SMILES string of the molecule is CC(C)(F)CCc1ccccc1CC#N. The van der Waals surface area contributed by atoms with Crippen LogP contribution >= 0.6 is 0 Å². The van der Waals surface area contributed by atoms with Crippen molar-refractivity contribution in [1.82, 2.24) is 0 Å². The van der Waals surface area contributed by atoms with Gasteiger partial charge < -0.3 is 0 Å². The minimum Gasteiger partial charge on any atom is -0.244 e. The van der Waals surface area contributed by atoms with Crippen LogP contribution in [0.3, 0.4) is 0 Å². The number of nitrogens with zero attached hydrogens (tertiary/aromatic N) is 1. The zero-order valence-corrected chi connectivity index (χ0v) is 9.26. The topological polar surface area (TPSA) is 23.8 Å². The first kappa shape index (κ1) is 11.7. The molecule has 0 heterocycles. The number of hydrogen-bond donors (Lipinski definition) is 0. The summed E-state index contributed by atoms with van der Waals surface area (Å²) in [5, 5.41) is 8.65. The van der Waals surface area contributed by atoms with Gasteiger partial charge in [-0.25, -0.2) is 4.39 Å². The zero-order chi connectivity index (χ0) is 11.3. The second kappa shape index (κ2) is 4.93. The quantitative estimate of drug-likeness (QED) is 0.738. The molecule has 0 unspecified atom stereocenters. The summed E-state index contributed by atoms with van der Waals surface area (Å²) in [5.74, 6) is 0. The Morgan fingerprint density at radius 3 is 2.40 bits per heavy atom. The van der Waals surface area contributed by atoms with Gasteiger partial charge in [0.2, 0.25) is 0 Å². The third kappa shape index (κ3) is 4.12. The van der Waals surface area contributed by atoms with Gasteiger partial charge in [-0.15, -0.1) is 0 Å². The predicted octanol–water partition coefficient (Wildman–Crippen LogP) is 3.43. The fourth-order valence-electron chi connectivity index (χ4n) is 1.49. The van der Waals surface area contributed by atoms with Crippen molar-refractivity contribution in [2.24, 2.45) is 0 Å². The fourth-order valence-corrected chi connectivity index (χ4v) is 1.49. The van der Waals surface area contributed by atoms with Crippen molar-refractivity contribution >= 4 is 0 Å². The van der Waals surface area contributed by atoms with Gasteiger partial charge in [0.05, 0.1) is 12.5 Å². The van der Waals surface area contributed by atoms with E-state index in [1.165, 1.54) is 0 Å². The average molecular weight is 205 g/mol. The van der Waals surface area contributed by atoms with Gasteiger partial charge in [-0.05, 0) is 37.8 Å². The Bertz CT molecular complexity index is 358. The summed E-state index contributed by atoms with van der Waals surface area (Å²) in [6.07, 6.45) is 1.60. The van der Waals surface area contributed by atoms with Crippen LogP contribution in [-0.2, 0) is 12.8 Å². The van der Waals surface area contributed by atoms with Crippen molar-refractivity contribution in [2.75, 3.05) is 0 Å². The summed E-state index contributed by atoms with van der Waals surface area (Å²) in [6.45, 7) is 3.17. The highest BCUT2D eigenvalue weighted by Crippen LogP contribution is 2.19. The molecule has 0 radical (unpaired) electrons. The fraction of sp³-hybridized carbons (Fsp3) is 0.462. The Morgan fingerprint density at radius 1 is 1.27 bits per heavy atom. The lowest BCUT2D eigenvalue weighted by Crippen LogP contribution is -2.13. The van der Waals surface area contributed by atoms with E-state index in [1.54, 1.807) is 13.8 Å². The molecule has 1 aromatic rings. The second-order valence-electron chi connectivity index (χ2n) is 4.32. The highest BCUT2D eigenvalue weighted by molar-refractivity contribution is 5.29. The summed E-state index contributed by atoms with van der Waals surface area (Å²) in [4.78, 5) is 0. The van der Waals surface area contributed by atoms with Crippen molar-refractivity contribution in [3.05, 3.63) is 35.4 Å². The molecule has 0 saturated heterocycles. The van der Waals surface area contributed by atoms with E-state index in [9.17, 15) is 4.39 Å². The van der Waals surface area contributed by atoms with E-state index >= 15 is 0 Å². The number of alkyl halides is 1. The van der Waals surface area contributed by atoms with Gasteiger partial charge in [0, 0.05) is 0 Å². The Balaban J connectivity index is 2.72. The molecule has 0 spiro atoms. The van der Waals surface area contributed by atoms with E-state index in [-0.39, 0.29) is 0 Å². The molecular formula is C13H16FN. The molecule has 0 aliphatic rings.